The summed E-state index contributed by atoms with van der Waals surface area (Å²) in [6.45, 7) is 1.39. The van der Waals surface area contributed by atoms with Crippen LogP contribution in [0.5, 0.6) is 0 Å². The molecule has 1 aliphatic heterocycles. The van der Waals surface area contributed by atoms with Gasteiger partial charge >= 0.3 is 5.97 Å². The summed E-state index contributed by atoms with van der Waals surface area (Å²) in [6, 6.07) is 1.69. The molecule has 0 spiro atoms. The van der Waals surface area contributed by atoms with Gasteiger partial charge < -0.3 is 21.1 Å². The molecule has 0 saturated heterocycles. The number of aryl methyl sites for hydroxylation is 2. The molecule has 7 heteroatoms. The van der Waals surface area contributed by atoms with E-state index in [0.29, 0.717) is 25.3 Å². The van der Waals surface area contributed by atoms with Crippen molar-refractivity contribution in [3.05, 3.63) is 22.9 Å². The van der Waals surface area contributed by atoms with Crippen molar-refractivity contribution in [1.29, 1.82) is 0 Å². The first-order valence-electron chi connectivity index (χ1n) is 10.4. The number of ether oxygens (including phenoxy) is 1. The Balaban J connectivity index is 1.40. The summed E-state index contributed by atoms with van der Waals surface area (Å²) >= 11 is 0. The second kappa shape index (κ2) is 9.87. The third-order valence-electron chi connectivity index (χ3n) is 5.50. The lowest BCUT2D eigenvalue weighted by Gasteiger charge is -2.20. The molecule has 1 aromatic rings. The first kappa shape index (κ1) is 20.6. The van der Waals surface area contributed by atoms with Gasteiger partial charge in [-0.25, -0.2) is 4.98 Å². The van der Waals surface area contributed by atoms with E-state index in [2.05, 4.69) is 21.4 Å². The maximum absolute atomic E-state index is 12.0. The first-order chi connectivity index (χ1) is 13.6. The summed E-state index contributed by atoms with van der Waals surface area (Å²) < 4.78 is 4.57. The van der Waals surface area contributed by atoms with Crippen LogP contribution in [0.1, 0.15) is 67.7 Å². The van der Waals surface area contributed by atoms with Crippen molar-refractivity contribution in [1.82, 2.24) is 10.3 Å². The number of carbonyl (C=O) groups is 2. The number of aromatic nitrogens is 1. The number of amides is 1. The van der Waals surface area contributed by atoms with Gasteiger partial charge in [0.05, 0.1) is 7.11 Å². The number of methoxy groups -OCH3 is 1. The zero-order valence-corrected chi connectivity index (χ0v) is 16.8. The zero-order chi connectivity index (χ0) is 19.9. The standard InChI is InChI=1S/C21H32N4O3/c1-28-21(27)17(22)10-12-23-19(26)7-3-2-6-18-16(14-8-9-14)13-15-5-4-11-24-20(15)25-18/h13-14,17H,2-12,22H2,1H3,(H,23,26)(H,24,25). The van der Waals surface area contributed by atoms with E-state index in [9.17, 15) is 9.59 Å². The normalized spacial score (nSPS) is 16.6. The Labute approximate surface area is 166 Å². The molecule has 28 heavy (non-hydrogen) atoms. The smallest absolute Gasteiger partial charge is 0.322 e. The Bertz CT molecular complexity index is 703. The number of hydrogen-bond donors (Lipinski definition) is 3. The number of esters is 1. The van der Waals surface area contributed by atoms with E-state index in [0.717, 1.165) is 38.0 Å². The fraction of sp³-hybridized carbons (Fsp3) is 0.667. The van der Waals surface area contributed by atoms with Gasteiger partial charge in [-0.3, -0.25) is 9.59 Å². The molecule has 2 heterocycles. The van der Waals surface area contributed by atoms with Crippen LogP contribution < -0.4 is 16.4 Å². The van der Waals surface area contributed by atoms with Crippen molar-refractivity contribution in [2.75, 3.05) is 25.5 Å². The molecule has 2 aliphatic rings. The van der Waals surface area contributed by atoms with E-state index in [1.807, 2.05) is 0 Å². The van der Waals surface area contributed by atoms with Gasteiger partial charge in [0.25, 0.3) is 0 Å². The first-order valence-corrected chi connectivity index (χ1v) is 10.4. The third kappa shape index (κ3) is 5.67. The number of anilines is 1. The molecular weight excluding hydrogens is 356 g/mol. The summed E-state index contributed by atoms with van der Waals surface area (Å²) in [5, 5.41) is 6.24. The molecule has 0 aromatic carbocycles. The molecule has 154 valence electrons. The van der Waals surface area contributed by atoms with Gasteiger partial charge in [0.1, 0.15) is 11.9 Å². The van der Waals surface area contributed by atoms with Gasteiger partial charge in [0.2, 0.25) is 5.91 Å². The molecule has 3 rings (SSSR count). The minimum atomic E-state index is -0.685. The maximum Gasteiger partial charge on any atom is 0.322 e. The lowest BCUT2D eigenvalue weighted by molar-refractivity contribution is -0.142. The lowest BCUT2D eigenvalue weighted by atomic mass is 9.98. The fourth-order valence-corrected chi connectivity index (χ4v) is 3.69. The topological polar surface area (TPSA) is 106 Å². The number of carbonyl (C=O) groups excluding carboxylic acids is 2. The quantitative estimate of drug-likeness (QED) is 0.418. The summed E-state index contributed by atoms with van der Waals surface area (Å²) in [7, 11) is 1.31. The van der Waals surface area contributed by atoms with Gasteiger partial charge in [-0.1, -0.05) is 6.07 Å². The molecule has 1 amide bonds. The van der Waals surface area contributed by atoms with Gasteiger partial charge in [-0.05, 0) is 68.4 Å². The minimum Gasteiger partial charge on any atom is -0.468 e. The van der Waals surface area contributed by atoms with Crippen LogP contribution in [0, 0.1) is 0 Å². The number of hydrogen-bond acceptors (Lipinski definition) is 6. The van der Waals surface area contributed by atoms with Crippen molar-refractivity contribution in [3.8, 4) is 0 Å². The predicted molar refractivity (Wildman–Crippen MR) is 108 cm³/mol. The number of unbranched alkanes of at least 4 members (excludes halogenated alkanes) is 1. The van der Waals surface area contributed by atoms with E-state index >= 15 is 0 Å². The average Bonchev–Trinajstić information content (AvgIpc) is 3.55. The summed E-state index contributed by atoms with van der Waals surface area (Å²) in [6.07, 6.45) is 8.40. The van der Waals surface area contributed by atoms with E-state index in [-0.39, 0.29) is 5.91 Å². The van der Waals surface area contributed by atoms with Crippen molar-refractivity contribution in [3.63, 3.8) is 0 Å². The zero-order valence-electron chi connectivity index (χ0n) is 16.8. The molecule has 7 nitrogen and oxygen atoms in total. The van der Waals surface area contributed by atoms with Gasteiger partial charge in [-0.2, -0.15) is 0 Å². The number of nitrogens with one attached hydrogen (secondary N) is 2. The molecule has 1 aliphatic carbocycles. The Morgan fingerprint density at radius 1 is 1.39 bits per heavy atom. The minimum absolute atomic E-state index is 0.000418. The van der Waals surface area contributed by atoms with Gasteiger partial charge in [-0.15, -0.1) is 0 Å². The van der Waals surface area contributed by atoms with Crippen molar-refractivity contribution in [2.24, 2.45) is 5.73 Å². The molecule has 4 N–H and O–H groups in total. The van der Waals surface area contributed by atoms with Gasteiger partial charge in [0.15, 0.2) is 0 Å². The second-order valence-corrected chi connectivity index (χ2v) is 7.81. The van der Waals surface area contributed by atoms with Crippen LogP contribution in [0.2, 0.25) is 0 Å². The monoisotopic (exact) mass is 388 g/mol. The number of nitrogens with zero attached hydrogens (tertiary/aromatic N) is 1. The molecule has 1 saturated carbocycles. The number of fused-ring (bicyclic) bond motifs is 1. The highest BCUT2D eigenvalue weighted by Crippen LogP contribution is 2.43. The van der Waals surface area contributed by atoms with Crippen LogP contribution in [-0.4, -0.2) is 43.1 Å². The van der Waals surface area contributed by atoms with E-state index in [1.165, 1.54) is 43.2 Å². The number of pyridine rings is 1. The van der Waals surface area contributed by atoms with Crippen LogP contribution in [-0.2, 0) is 27.2 Å². The Morgan fingerprint density at radius 3 is 2.96 bits per heavy atom. The molecule has 1 aromatic heterocycles. The van der Waals surface area contributed by atoms with Crippen molar-refractivity contribution >= 4 is 17.7 Å². The summed E-state index contributed by atoms with van der Waals surface area (Å²) in [5.74, 6) is 1.30. The largest absolute Gasteiger partial charge is 0.468 e. The van der Waals surface area contributed by atoms with Crippen LogP contribution in [0.4, 0.5) is 5.82 Å². The molecular formula is C21H32N4O3. The Morgan fingerprint density at radius 2 is 2.21 bits per heavy atom. The third-order valence-corrected chi connectivity index (χ3v) is 5.50. The highest BCUT2D eigenvalue weighted by molar-refractivity contribution is 5.77. The SMILES string of the molecule is COC(=O)C(N)CCNC(=O)CCCCc1nc2c(cc1C1CC1)CCCN2. The molecule has 1 atom stereocenters. The van der Waals surface area contributed by atoms with Crippen LogP contribution in [0.15, 0.2) is 6.07 Å². The summed E-state index contributed by atoms with van der Waals surface area (Å²) in [5.41, 5.74) is 9.66. The Kier molecular flexibility index (Phi) is 7.25. The van der Waals surface area contributed by atoms with Crippen LogP contribution in [0.3, 0.4) is 0 Å². The molecule has 1 unspecified atom stereocenters. The van der Waals surface area contributed by atoms with Crippen molar-refractivity contribution < 1.29 is 14.3 Å². The van der Waals surface area contributed by atoms with E-state index < -0.39 is 12.0 Å². The number of nitrogens with two attached hydrogens (primary N) is 1. The lowest BCUT2D eigenvalue weighted by Crippen LogP contribution is -2.36. The van der Waals surface area contributed by atoms with E-state index in [4.69, 9.17) is 10.7 Å². The summed E-state index contributed by atoms with van der Waals surface area (Å²) in [4.78, 5) is 28.1. The van der Waals surface area contributed by atoms with E-state index in [1.54, 1.807) is 0 Å². The van der Waals surface area contributed by atoms with Gasteiger partial charge in [0, 0.05) is 25.2 Å². The highest BCUT2D eigenvalue weighted by atomic mass is 16.5. The highest BCUT2D eigenvalue weighted by Gasteiger charge is 2.28. The second-order valence-electron chi connectivity index (χ2n) is 7.81. The Hall–Kier alpha value is -2.15. The van der Waals surface area contributed by atoms with Crippen LogP contribution in [0.25, 0.3) is 0 Å². The fourth-order valence-electron chi connectivity index (χ4n) is 3.69. The number of rotatable bonds is 10. The van der Waals surface area contributed by atoms with Crippen molar-refractivity contribution in [2.45, 2.75) is 69.7 Å². The molecule has 0 bridgehead atoms. The molecule has 1 fully saturated rings. The molecule has 0 radical (unpaired) electrons. The maximum atomic E-state index is 12.0. The predicted octanol–water partition coefficient (Wildman–Crippen LogP) is 2.04. The van der Waals surface area contributed by atoms with Crippen LogP contribution >= 0.6 is 0 Å². The average molecular weight is 389 g/mol.